The normalized spacial score (nSPS) is 16.1. The third-order valence-electron chi connectivity index (χ3n) is 3.50. The first kappa shape index (κ1) is 12.7. The van der Waals surface area contributed by atoms with Gasteiger partial charge in [0.05, 0.1) is 5.52 Å². The van der Waals surface area contributed by atoms with Crippen molar-refractivity contribution in [3.8, 4) is 0 Å². The molecule has 6 heteroatoms. The van der Waals surface area contributed by atoms with Gasteiger partial charge in [0.2, 0.25) is 0 Å². The molecule has 0 bridgehead atoms. The van der Waals surface area contributed by atoms with E-state index in [0.717, 1.165) is 23.9 Å². The molecule has 104 valence electrons. The van der Waals surface area contributed by atoms with Gasteiger partial charge in [-0.1, -0.05) is 0 Å². The number of pyridine rings is 1. The molecule has 1 aliphatic carbocycles. The van der Waals surface area contributed by atoms with Crippen LogP contribution in [0.3, 0.4) is 0 Å². The Morgan fingerprint density at radius 3 is 2.85 bits per heavy atom. The number of hydrogen-bond donors (Lipinski definition) is 2. The van der Waals surface area contributed by atoms with Crippen LogP contribution in [-0.2, 0) is 4.79 Å². The molecule has 0 saturated heterocycles. The van der Waals surface area contributed by atoms with Crippen molar-refractivity contribution in [1.82, 2.24) is 14.9 Å². The van der Waals surface area contributed by atoms with Gasteiger partial charge in [-0.2, -0.15) is 5.10 Å². The highest BCUT2D eigenvalue weighted by Crippen LogP contribution is 2.32. The van der Waals surface area contributed by atoms with Gasteiger partial charge in [-0.25, -0.2) is 9.31 Å². The number of hydrogen-bond acceptors (Lipinski definition) is 3. The van der Waals surface area contributed by atoms with Crippen molar-refractivity contribution in [3.05, 3.63) is 35.7 Å². The van der Waals surface area contributed by atoms with Crippen molar-refractivity contribution >= 4 is 17.4 Å². The molecule has 3 rings (SSSR count). The highest BCUT2D eigenvalue weighted by molar-refractivity contribution is 5.96. The molecule has 6 nitrogen and oxygen atoms in total. The smallest absolute Gasteiger partial charge is 0.326 e. The standard InChI is InChI=1S/C14H15N3O3/c1-8-4-5-17-10(6-8)7-11(16-17)13(18)15-12(14(19)20)9-2-3-9/h4-7,9,12H,2-3H2,1H3,(H,15,18)(H,19,20)/t12-/m0/s1. The molecule has 20 heavy (non-hydrogen) atoms. The molecule has 1 aliphatic rings. The van der Waals surface area contributed by atoms with Gasteiger partial charge in [0.25, 0.3) is 5.91 Å². The van der Waals surface area contributed by atoms with E-state index in [9.17, 15) is 9.59 Å². The number of aromatic nitrogens is 2. The fourth-order valence-electron chi connectivity index (χ4n) is 2.24. The molecule has 0 aliphatic heterocycles. The molecule has 0 spiro atoms. The predicted octanol–water partition coefficient (Wildman–Crippen LogP) is 1.24. The maximum Gasteiger partial charge on any atom is 0.326 e. The maximum atomic E-state index is 12.1. The summed E-state index contributed by atoms with van der Waals surface area (Å²) in [6.07, 6.45) is 3.47. The van der Waals surface area contributed by atoms with Gasteiger partial charge in [-0.05, 0) is 49.4 Å². The zero-order valence-corrected chi connectivity index (χ0v) is 11.0. The molecule has 1 fully saturated rings. The van der Waals surface area contributed by atoms with Crippen molar-refractivity contribution in [2.45, 2.75) is 25.8 Å². The molecule has 0 unspecified atom stereocenters. The van der Waals surface area contributed by atoms with E-state index in [1.54, 1.807) is 16.8 Å². The van der Waals surface area contributed by atoms with E-state index in [1.165, 1.54) is 0 Å². The summed E-state index contributed by atoms with van der Waals surface area (Å²) >= 11 is 0. The number of carboxylic acid groups (broad SMARTS) is 1. The van der Waals surface area contributed by atoms with Crippen LogP contribution in [-0.4, -0.2) is 32.6 Å². The average Bonchev–Trinajstić information content (AvgIpc) is 3.14. The summed E-state index contributed by atoms with van der Waals surface area (Å²) in [4.78, 5) is 23.2. The van der Waals surface area contributed by atoms with Gasteiger partial charge in [-0.3, -0.25) is 4.79 Å². The summed E-state index contributed by atoms with van der Waals surface area (Å²) in [5.74, 6) is -1.37. The molecular formula is C14H15N3O3. The monoisotopic (exact) mass is 273 g/mol. The number of nitrogens with zero attached hydrogens (tertiary/aromatic N) is 2. The predicted molar refractivity (Wildman–Crippen MR) is 71.5 cm³/mol. The van der Waals surface area contributed by atoms with Gasteiger partial charge < -0.3 is 10.4 Å². The molecule has 1 amide bonds. The Morgan fingerprint density at radius 1 is 1.45 bits per heavy atom. The lowest BCUT2D eigenvalue weighted by molar-refractivity contribution is -0.139. The van der Waals surface area contributed by atoms with Crippen LogP contribution >= 0.6 is 0 Å². The first-order chi connectivity index (χ1) is 9.54. The van der Waals surface area contributed by atoms with Crippen LogP contribution < -0.4 is 5.32 Å². The Bertz CT molecular complexity index is 688. The Labute approximate surface area is 115 Å². The van der Waals surface area contributed by atoms with Crippen LogP contribution in [0.2, 0.25) is 0 Å². The van der Waals surface area contributed by atoms with Crippen molar-refractivity contribution in [2.24, 2.45) is 5.92 Å². The number of carboxylic acids is 1. The van der Waals surface area contributed by atoms with Crippen molar-refractivity contribution in [2.75, 3.05) is 0 Å². The maximum absolute atomic E-state index is 12.1. The lowest BCUT2D eigenvalue weighted by Crippen LogP contribution is -2.42. The minimum Gasteiger partial charge on any atom is -0.480 e. The lowest BCUT2D eigenvalue weighted by Gasteiger charge is -2.11. The van der Waals surface area contributed by atoms with E-state index in [-0.39, 0.29) is 11.6 Å². The summed E-state index contributed by atoms with van der Waals surface area (Å²) in [7, 11) is 0. The fourth-order valence-corrected chi connectivity index (χ4v) is 2.24. The van der Waals surface area contributed by atoms with Gasteiger partial charge >= 0.3 is 5.97 Å². The van der Waals surface area contributed by atoms with E-state index >= 15 is 0 Å². The number of amides is 1. The van der Waals surface area contributed by atoms with Gasteiger partial charge in [0.1, 0.15) is 6.04 Å². The lowest BCUT2D eigenvalue weighted by atomic mass is 10.2. The van der Waals surface area contributed by atoms with Crippen LogP contribution in [0.1, 0.15) is 28.9 Å². The fraction of sp³-hybridized carbons (Fsp3) is 0.357. The van der Waals surface area contributed by atoms with E-state index in [0.29, 0.717) is 0 Å². The number of nitrogens with one attached hydrogen (secondary N) is 1. The van der Waals surface area contributed by atoms with Gasteiger partial charge in [-0.15, -0.1) is 0 Å². The Balaban J connectivity index is 1.82. The van der Waals surface area contributed by atoms with Crippen LogP contribution in [0.5, 0.6) is 0 Å². The van der Waals surface area contributed by atoms with Crippen LogP contribution in [0.4, 0.5) is 0 Å². The van der Waals surface area contributed by atoms with Gasteiger partial charge in [0.15, 0.2) is 5.69 Å². The third kappa shape index (κ3) is 2.36. The highest BCUT2D eigenvalue weighted by Gasteiger charge is 2.37. The van der Waals surface area contributed by atoms with Crippen molar-refractivity contribution in [3.63, 3.8) is 0 Å². The first-order valence-electron chi connectivity index (χ1n) is 6.54. The second kappa shape index (κ2) is 4.63. The molecule has 2 aromatic heterocycles. The zero-order chi connectivity index (χ0) is 14.3. The SMILES string of the molecule is Cc1ccn2nc(C(=O)N[C@H](C(=O)O)C3CC3)cc2c1. The third-order valence-corrected chi connectivity index (χ3v) is 3.50. The molecule has 2 aromatic rings. The van der Waals surface area contributed by atoms with Crippen molar-refractivity contribution in [1.29, 1.82) is 0 Å². The van der Waals surface area contributed by atoms with E-state index in [4.69, 9.17) is 5.11 Å². The zero-order valence-electron chi connectivity index (χ0n) is 11.0. The highest BCUT2D eigenvalue weighted by atomic mass is 16.4. The minimum atomic E-state index is -0.986. The molecule has 0 radical (unpaired) electrons. The Kier molecular flexibility index (Phi) is 2.93. The summed E-state index contributed by atoms with van der Waals surface area (Å²) < 4.78 is 1.61. The number of carbonyl (C=O) groups excluding carboxylic acids is 1. The van der Waals surface area contributed by atoms with Crippen LogP contribution in [0.15, 0.2) is 24.4 Å². The number of aryl methyl sites for hydroxylation is 1. The molecule has 0 aromatic carbocycles. The molecule has 1 saturated carbocycles. The van der Waals surface area contributed by atoms with E-state index in [1.807, 2.05) is 19.1 Å². The number of aliphatic carboxylic acids is 1. The molecular weight excluding hydrogens is 258 g/mol. The molecule has 2 heterocycles. The summed E-state index contributed by atoms with van der Waals surface area (Å²) in [5.41, 5.74) is 2.13. The van der Waals surface area contributed by atoms with Crippen molar-refractivity contribution < 1.29 is 14.7 Å². The first-order valence-corrected chi connectivity index (χ1v) is 6.54. The summed E-state index contributed by atoms with van der Waals surface area (Å²) in [6, 6.07) is 4.66. The van der Waals surface area contributed by atoms with Crippen LogP contribution in [0.25, 0.3) is 5.52 Å². The number of fused-ring (bicyclic) bond motifs is 1. The van der Waals surface area contributed by atoms with E-state index in [2.05, 4.69) is 10.4 Å². The number of carbonyl (C=O) groups is 2. The quantitative estimate of drug-likeness (QED) is 0.877. The molecule has 2 N–H and O–H groups in total. The second-order valence-electron chi connectivity index (χ2n) is 5.23. The Morgan fingerprint density at radius 2 is 2.20 bits per heavy atom. The average molecular weight is 273 g/mol. The van der Waals surface area contributed by atoms with E-state index < -0.39 is 17.9 Å². The topological polar surface area (TPSA) is 83.7 Å². The summed E-state index contributed by atoms with van der Waals surface area (Å²) in [5, 5.41) is 15.8. The minimum absolute atomic E-state index is 0.0516. The Hall–Kier alpha value is -2.37. The largest absolute Gasteiger partial charge is 0.480 e. The van der Waals surface area contributed by atoms with Gasteiger partial charge in [0, 0.05) is 6.20 Å². The summed E-state index contributed by atoms with van der Waals surface area (Å²) in [6.45, 7) is 1.96. The second-order valence-corrected chi connectivity index (χ2v) is 5.23. The number of rotatable bonds is 4. The van der Waals surface area contributed by atoms with Crippen LogP contribution in [0, 0.1) is 12.8 Å². The molecule has 1 atom stereocenters.